The van der Waals surface area contributed by atoms with Gasteiger partial charge in [0, 0.05) is 24.8 Å². The Kier molecular flexibility index (Phi) is 7.93. The van der Waals surface area contributed by atoms with Crippen molar-refractivity contribution in [2.24, 2.45) is 0 Å². The zero-order valence-corrected chi connectivity index (χ0v) is 18.3. The molecule has 166 valence electrons. The van der Waals surface area contributed by atoms with Crippen molar-refractivity contribution >= 4 is 11.9 Å². The van der Waals surface area contributed by atoms with Gasteiger partial charge in [-0.2, -0.15) is 15.6 Å². The fourth-order valence-electron chi connectivity index (χ4n) is 3.19. The number of hydrogen-bond acceptors (Lipinski definition) is 6. The summed E-state index contributed by atoms with van der Waals surface area (Å²) in [6.07, 6.45) is 1.85. The Morgan fingerprint density at radius 1 is 1.00 bits per heavy atom. The van der Waals surface area contributed by atoms with E-state index in [1.54, 1.807) is 10.9 Å². The Hall–Kier alpha value is -4.43. The third kappa shape index (κ3) is 6.05. The molecule has 0 aliphatic rings. The molecule has 2 aromatic carbocycles. The Bertz CT molecular complexity index is 1170. The second-order valence-corrected chi connectivity index (χ2v) is 7.31. The normalized spacial score (nSPS) is 10.2. The number of carbonyl (C=O) groups excluding carboxylic acids is 2. The molecule has 3 aromatic rings. The van der Waals surface area contributed by atoms with Gasteiger partial charge in [-0.15, -0.1) is 0 Å². The molecule has 1 heterocycles. The predicted molar refractivity (Wildman–Crippen MR) is 121 cm³/mol. The van der Waals surface area contributed by atoms with E-state index < -0.39 is 18.5 Å². The van der Waals surface area contributed by atoms with Gasteiger partial charge in [0.2, 0.25) is 0 Å². The molecule has 0 radical (unpaired) electrons. The highest BCUT2D eigenvalue weighted by molar-refractivity contribution is 5.97. The number of ether oxygens (including phenoxy) is 1. The molecule has 0 aliphatic heterocycles. The first kappa shape index (κ1) is 23.2. The molecule has 8 nitrogen and oxygen atoms in total. The molecule has 0 aliphatic carbocycles. The number of amides is 1. The van der Waals surface area contributed by atoms with Crippen LogP contribution in [0.25, 0.3) is 16.9 Å². The third-order valence-electron chi connectivity index (χ3n) is 4.95. The van der Waals surface area contributed by atoms with Crippen LogP contribution in [0.15, 0.2) is 60.8 Å². The highest BCUT2D eigenvalue weighted by Gasteiger charge is 2.22. The van der Waals surface area contributed by atoms with E-state index in [0.29, 0.717) is 5.69 Å². The van der Waals surface area contributed by atoms with Crippen molar-refractivity contribution in [2.45, 2.75) is 19.8 Å². The van der Waals surface area contributed by atoms with E-state index in [0.717, 1.165) is 16.8 Å². The SMILES string of the molecule is Cc1ccc(-n2cc(C(=O)OCC(=O)N(CCC#N)CCC#N)c(-c3ccccc3)n2)cc1. The van der Waals surface area contributed by atoms with Crippen LogP contribution in [0.2, 0.25) is 0 Å². The summed E-state index contributed by atoms with van der Waals surface area (Å²) in [6, 6.07) is 20.9. The molecule has 33 heavy (non-hydrogen) atoms. The maximum atomic E-state index is 12.9. The van der Waals surface area contributed by atoms with E-state index >= 15 is 0 Å². The van der Waals surface area contributed by atoms with Crippen LogP contribution in [0.3, 0.4) is 0 Å². The minimum Gasteiger partial charge on any atom is -0.452 e. The average Bonchev–Trinajstić information content (AvgIpc) is 3.29. The minimum atomic E-state index is -0.680. The molecule has 0 fully saturated rings. The number of nitriles is 2. The van der Waals surface area contributed by atoms with Gasteiger partial charge in [-0.1, -0.05) is 48.0 Å². The van der Waals surface area contributed by atoms with Gasteiger partial charge in [-0.25, -0.2) is 9.48 Å². The number of esters is 1. The molecule has 0 saturated heterocycles. The van der Waals surface area contributed by atoms with Crippen LogP contribution < -0.4 is 0 Å². The molecule has 0 bridgehead atoms. The van der Waals surface area contributed by atoms with E-state index in [-0.39, 0.29) is 31.5 Å². The van der Waals surface area contributed by atoms with Crippen LogP contribution >= 0.6 is 0 Å². The van der Waals surface area contributed by atoms with Crippen molar-refractivity contribution in [3.05, 3.63) is 71.9 Å². The summed E-state index contributed by atoms with van der Waals surface area (Å²) in [5.41, 5.74) is 3.30. The number of nitrogens with zero attached hydrogens (tertiary/aromatic N) is 5. The molecule has 0 N–H and O–H groups in total. The Balaban J connectivity index is 1.82. The fraction of sp³-hybridized carbons (Fsp3) is 0.240. The molecular weight excluding hydrogens is 418 g/mol. The minimum absolute atomic E-state index is 0.132. The highest BCUT2D eigenvalue weighted by atomic mass is 16.5. The predicted octanol–water partition coefficient (Wildman–Crippen LogP) is 3.66. The molecule has 3 rings (SSSR count). The van der Waals surface area contributed by atoms with Gasteiger partial charge in [0.05, 0.1) is 30.7 Å². The number of benzene rings is 2. The summed E-state index contributed by atoms with van der Waals surface area (Å²) in [6.45, 7) is 1.85. The lowest BCUT2D eigenvalue weighted by molar-refractivity contribution is -0.134. The largest absolute Gasteiger partial charge is 0.452 e. The van der Waals surface area contributed by atoms with Gasteiger partial charge >= 0.3 is 5.97 Å². The van der Waals surface area contributed by atoms with Crippen molar-refractivity contribution in [1.29, 1.82) is 10.5 Å². The van der Waals surface area contributed by atoms with Crippen LogP contribution in [0, 0.1) is 29.6 Å². The number of rotatable bonds is 9. The molecule has 1 aromatic heterocycles. The zero-order chi connectivity index (χ0) is 23.6. The van der Waals surface area contributed by atoms with Crippen LogP contribution in [0.4, 0.5) is 0 Å². The van der Waals surface area contributed by atoms with E-state index in [1.807, 2.05) is 73.7 Å². The van der Waals surface area contributed by atoms with E-state index in [1.165, 1.54) is 4.90 Å². The molecule has 0 spiro atoms. The number of carbonyl (C=O) groups is 2. The topological polar surface area (TPSA) is 112 Å². The Labute approximate surface area is 192 Å². The van der Waals surface area contributed by atoms with Crippen LogP contribution in [-0.4, -0.2) is 46.3 Å². The standard InChI is InChI=1S/C25H23N5O3/c1-19-9-11-21(12-10-19)30-17-22(24(28-30)20-7-3-2-4-8-20)25(32)33-18-23(31)29(15-5-13-26)16-6-14-27/h2-4,7-12,17H,5-6,15-16,18H2,1H3. The lowest BCUT2D eigenvalue weighted by Crippen LogP contribution is -2.36. The first-order chi connectivity index (χ1) is 16.0. The Morgan fingerprint density at radius 2 is 1.64 bits per heavy atom. The summed E-state index contributed by atoms with van der Waals surface area (Å²) in [7, 11) is 0. The van der Waals surface area contributed by atoms with Crippen molar-refractivity contribution < 1.29 is 14.3 Å². The maximum absolute atomic E-state index is 12.9. The monoisotopic (exact) mass is 441 g/mol. The smallest absolute Gasteiger partial charge is 0.342 e. The summed E-state index contributed by atoms with van der Waals surface area (Å²) in [5.74, 6) is -1.14. The third-order valence-corrected chi connectivity index (χ3v) is 4.95. The van der Waals surface area contributed by atoms with Gasteiger partial charge in [-0.05, 0) is 19.1 Å². The second kappa shape index (κ2) is 11.3. The molecular formula is C25H23N5O3. The highest BCUT2D eigenvalue weighted by Crippen LogP contribution is 2.24. The van der Waals surface area contributed by atoms with E-state index in [2.05, 4.69) is 5.10 Å². The van der Waals surface area contributed by atoms with Gasteiger partial charge in [0.1, 0.15) is 11.3 Å². The zero-order valence-electron chi connectivity index (χ0n) is 18.3. The quantitative estimate of drug-likeness (QED) is 0.469. The summed E-state index contributed by atoms with van der Waals surface area (Å²) >= 11 is 0. The van der Waals surface area contributed by atoms with Crippen molar-refractivity contribution in [3.63, 3.8) is 0 Å². The van der Waals surface area contributed by atoms with Crippen LogP contribution in [0.5, 0.6) is 0 Å². The molecule has 8 heteroatoms. The number of aryl methyl sites for hydroxylation is 1. The average molecular weight is 441 g/mol. The van der Waals surface area contributed by atoms with E-state index in [9.17, 15) is 9.59 Å². The van der Waals surface area contributed by atoms with Gasteiger partial charge < -0.3 is 9.64 Å². The van der Waals surface area contributed by atoms with Gasteiger partial charge in [0.15, 0.2) is 6.61 Å². The van der Waals surface area contributed by atoms with E-state index in [4.69, 9.17) is 15.3 Å². The fourth-order valence-corrected chi connectivity index (χ4v) is 3.19. The maximum Gasteiger partial charge on any atom is 0.342 e. The number of aromatic nitrogens is 2. The van der Waals surface area contributed by atoms with Crippen LogP contribution in [-0.2, 0) is 9.53 Å². The van der Waals surface area contributed by atoms with Crippen LogP contribution in [0.1, 0.15) is 28.8 Å². The summed E-state index contributed by atoms with van der Waals surface area (Å²) in [5, 5.41) is 22.2. The second-order valence-electron chi connectivity index (χ2n) is 7.31. The van der Waals surface area contributed by atoms with Gasteiger partial charge in [-0.3, -0.25) is 4.79 Å². The summed E-state index contributed by atoms with van der Waals surface area (Å²) in [4.78, 5) is 26.8. The lowest BCUT2D eigenvalue weighted by Gasteiger charge is -2.20. The first-order valence-electron chi connectivity index (χ1n) is 10.4. The first-order valence-corrected chi connectivity index (χ1v) is 10.4. The van der Waals surface area contributed by atoms with Crippen molar-refractivity contribution in [1.82, 2.24) is 14.7 Å². The van der Waals surface area contributed by atoms with Crippen molar-refractivity contribution in [3.8, 4) is 29.1 Å². The summed E-state index contributed by atoms with van der Waals surface area (Å²) < 4.78 is 6.92. The number of hydrogen-bond donors (Lipinski definition) is 0. The molecule has 0 atom stereocenters. The molecule has 0 saturated carbocycles. The lowest BCUT2D eigenvalue weighted by atomic mass is 10.1. The van der Waals surface area contributed by atoms with Gasteiger partial charge in [0.25, 0.3) is 5.91 Å². The molecule has 0 unspecified atom stereocenters. The van der Waals surface area contributed by atoms with Crippen molar-refractivity contribution in [2.75, 3.05) is 19.7 Å². The Morgan fingerprint density at radius 3 is 2.24 bits per heavy atom. The molecule has 1 amide bonds.